The van der Waals surface area contributed by atoms with Crippen molar-refractivity contribution in [1.82, 2.24) is 0 Å². The van der Waals surface area contributed by atoms with E-state index in [-0.39, 0.29) is 6.61 Å². The van der Waals surface area contributed by atoms with Crippen molar-refractivity contribution in [3.8, 4) is 11.5 Å². The molecule has 1 aliphatic heterocycles. The number of fused-ring (bicyclic) bond motifs is 1. The lowest BCUT2D eigenvalue weighted by Gasteiger charge is -2.11. The zero-order valence-corrected chi connectivity index (χ0v) is 8.64. The molecule has 1 aliphatic rings. The number of rotatable bonds is 1. The molecule has 5 nitrogen and oxygen atoms in total. The highest BCUT2D eigenvalue weighted by atomic mass is 16.6. The Balaban J connectivity index is 2.31. The van der Waals surface area contributed by atoms with Crippen LogP contribution >= 0.6 is 0 Å². The predicted octanol–water partition coefficient (Wildman–Crippen LogP) is 0.568. The summed E-state index contributed by atoms with van der Waals surface area (Å²) in [5.41, 5.74) is 0. The van der Waals surface area contributed by atoms with Crippen molar-refractivity contribution in [2.45, 2.75) is 6.10 Å². The van der Waals surface area contributed by atoms with E-state index in [1.807, 2.05) is 0 Å². The molecule has 0 saturated heterocycles. The third-order valence-corrected chi connectivity index (χ3v) is 2.17. The molecular formula is C11H10O5. The number of ketones is 1. The van der Waals surface area contributed by atoms with Crippen LogP contribution in [0, 0.1) is 0 Å². The van der Waals surface area contributed by atoms with Gasteiger partial charge in [-0.2, -0.15) is 0 Å². The van der Waals surface area contributed by atoms with E-state index in [4.69, 9.17) is 9.47 Å². The molecule has 1 aromatic carbocycles. The summed E-state index contributed by atoms with van der Waals surface area (Å²) in [6, 6.07) is 6.78. The monoisotopic (exact) mass is 222 g/mol. The Morgan fingerprint density at radius 3 is 2.75 bits per heavy atom. The van der Waals surface area contributed by atoms with Gasteiger partial charge in [0, 0.05) is 0 Å². The topological polar surface area (TPSA) is 61.8 Å². The summed E-state index contributed by atoms with van der Waals surface area (Å²) >= 11 is 0. The summed E-state index contributed by atoms with van der Waals surface area (Å²) in [6.07, 6.45) is -1.24. The lowest BCUT2D eigenvalue weighted by atomic mass is 10.2. The summed E-state index contributed by atoms with van der Waals surface area (Å²) in [7, 11) is 1.20. The molecular weight excluding hydrogens is 212 g/mol. The summed E-state index contributed by atoms with van der Waals surface area (Å²) in [5.74, 6) is -0.362. The van der Waals surface area contributed by atoms with Gasteiger partial charge in [-0.3, -0.25) is 4.79 Å². The van der Waals surface area contributed by atoms with Gasteiger partial charge in [-0.05, 0) is 12.1 Å². The summed E-state index contributed by atoms with van der Waals surface area (Å²) < 4.78 is 15.0. The molecule has 1 aromatic rings. The molecule has 1 heterocycles. The van der Waals surface area contributed by atoms with Crippen molar-refractivity contribution in [2.75, 3.05) is 13.7 Å². The number of benzene rings is 1. The highest BCUT2D eigenvalue weighted by molar-refractivity contribution is 6.03. The average Bonchev–Trinajstić information content (AvgIpc) is 2.48. The van der Waals surface area contributed by atoms with Crippen molar-refractivity contribution < 1.29 is 23.8 Å². The van der Waals surface area contributed by atoms with Crippen LogP contribution in [0.25, 0.3) is 0 Å². The Morgan fingerprint density at radius 1 is 1.38 bits per heavy atom. The minimum atomic E-state index is -1.24. The van der Waals surface area contributed by atoms with E-state index < -0.39 is 17.9 Å². The molecule has 5 heteroatoms. The second kappa shape index (κ2) is 4.22. The minimum Gasteiger partial charge on any atom is -0.482 e. The number of hydrogen-bond donors (Lipinski definition) is 0. The maximum atomic E-state index is 11.5. The molecule has 16 heavy (non-hydrogen) atoms. The molecule has 84 valence electrons. The first-order valence-electron chi connectivity index (χ1n) is 4.71. The zero-order chi connectivity index (χ0) is 11.5. The van der Waals surface area contributed by atoms with Crippen LogP contribution in [0.5, 0.6) is 11.5 Å². The van der Waals surface area contributed by atoms with Gasteiger partial charge in [0.15, 0.2) is 18.1 Å². The number of carbonyl (C=O) groups is 2. The first kappa shape index (κ1) is 10.5. The molecule has 0 aromatic heterocycles. The molecule has 1 unspecified atom stereocenters. The van der Waals surface area contributed by atoms with Gasteiger partial charge in [-0.1, -0.05) is 12.1 Å². The van der Waals surface area contributed by atoms with Crippen LogP contribution in [0.2, 0.25) is 0 Å². The normalized spacial score (nSPS) is 18.8. The Labute approximate surface area is 91.9 Å². The molecule has 1 atom stereocenters. The van der Waals surface area contributed by atoms with Crippen molar-refractivity contribution in [3.05, 3.63) is 24.3 Å². The summed E-state index contributed by atoms with van der Waals surface area (Å²) in [6.45, 7) is -0.198. The fourth-order valence-electron chi connectivity index (χ4n) is 1.37. The van der Waals surface area contributed by atoms with E-state index in [1.54, 1.807) is 24.3 Å². The largest absolute Gasteiger partial charge is 0.482 e. The van der Waals surface area contributed by atoms with Gasteiger partial charge in [-0.25, -0.2) is 4.79 Å². The average molecular weight is 222 g/mol. The van der Waals surface area contributed by atoms with E-state index in [0.717, 1.165) is 0 Å². The molecule has 0 bridgehead atoms. The smallest absolute Gasteiger partial charge is 0.355 e. The Kier molecular flexibility index (Phi) is 2.76. The number of esters is 1. The Morgan fingerprint density at radius 2 is 2.06 bits per heavy atom. The van der Waals surface area contributed by atoms with E-state index in [0.29, 0.717) is 11.5 Å². The number of Topliss-reactive ketones (excluding diaryl/α,β-unsaturated/α-hetero) is 1. The maximum absolute atomic E-state index is 11.5. The number of ether oxygens (including phenoxy) is 3. The number of para-hydroxylation sites is 2. The van der Waals surface area contributed by atoms with E-state index in [2.05, 4.69) is 4.74 Å². The van der Waals surface area contributed by atoms with Crippen molar-refractivity contribution >= 4 is 11.8 Å². The van der Waals surface area contributed by atoms with Gasteiger partial charge in [0.1, 0.15) is 0 Å². The van der Waals surface area contributed by atoms with Crippen molar-refractivity contribution in [1.29, 1.82) is 0 Å². The number of hydrogen-bond acceptors (Lipinski definition) is 5. The fraction of sp³-hybridized carbons (Fsp3) is 0.273. The van der Waals surface area contributed by atoms with Gasteiger partial charge in [0.2, 0.25) is 5.78 Å². The highest BCUT2D eigenvalue weighted by Gasteiger charge is 2.33. The maximum Gasteiger partial charge on any atom is 0.355 e. The second-order valence-electron chi connectivity index (χ2n) is 3.22. The molecule has 0 aliphatic carbocycles. The first-order valence-corrected chi connectivity index (χ1v) is 4.71. The molecule has 0 fully saturated rings. The number of methoxy groups -OCH3 is 1. The van der Waals surface area contributed by atoms with Gasteiger partial charge >= 0.3 is 5.97 Å². The molecule has 2 rings (SSSR count). The van der Waals surface area contributed by atoms with E-state index in [9.17, 15) is 9.59 Å². The highest BCUT2D eigenvalue weighted by Crippen LogP contribution is 2.29. The molecule has 0 spiro atoms. The van der Waals surface area contributed by atoms with Gasteiger partial charge in [-0.15, -0.1) is 0 Å². The van der Waals surface area contributed by atoms with Gasteiger partial charge < -0.3 is 14.2 Å². The minimum absolute atomic E-state index is 0.198. The van der Waals surface area contributed by atoms with Crippen LogP contribution in [0.15, 0.2) is 24.3 Å². The van der Waals surface area contributed by atoms with Gasteiger partial charge in [0.25, 0.3) is 6.10 Å². The Hall–Kier alpha value is -2.04. The summed E-state index contributed by atoms with van der Waals surface area (Å²) in [5, 5.41) is 0. The van der Waals surface area contributed by atoms with Crippen molar-refractivity contribution in [2.24, 2.45) is 0 Å². The fourth-order valence-corrected chi connectivity index (χ4v) is 1.37. The lowest BCUT2D eigenvalue weighted by Crippen LogP contribution is -2.38. The molecule has 0 radical (unpaired) electrons. The van der Waals surface area contributed by atoms with Crippen LogP contribution in [0.1, 0.15) is 0 Å². The van der Waals surface area contributed by atoms with Crippen LogP contribution < -0.4 is 9.47 Å². The Bertz CT molecular complexity index is 426. The van der Waals surface area contributed by atoms with Crippen LogP contribution in [-0.4, -0.2) is 31.6 Å². The van der Waals surface area contributed by atoms with Gasteiger partial charge in [0.05, 0.1) is 7.11 Å². The second-order valence-corrected chi connectivity index (χ2v) is 3.22. The number of carbonyl (C=O) groups excluding carboxylic acids is 2. The SMILES string of the molecule is COC(=O)C1Oc2ccccc2OCC1=O. The molecule has 0 N–H and O–H groups in total. The summed E-state index contributed by atoms with van der Waals surface area (Å²) in [4.78, 5) is 22.8. The zero-order valence-electron chi connectivity index (χ0n) is 8.64. The predicted molar refractivity (Wildman–Crippen MR) is 53.4 cm³/mol. The first-order chi connectivity index (χ1) is 7.72. The third-order valence-electron chi connectivity index (χ3n) is 2.17. The molecule has 0 saturated carbocycles. The quantitative estimate of drug-likeness (QED) is 0.513. The van der Waals surface area contributed by atoms with Crippen LogP contribution in [0.3, 0.4) is 0 Å². The third kappa shape index (κ3) is 1.84. The standard InChI is InChI=1S/C11H10O5/c1-14-11(13)10-7(12)6-15-8-4-2-3-5-9(8)16-10/h2-5,10H,6H2,1H3. The van der Waals surface area contributed by atoms with E-state index in [1.165, 1.54) is 7.11 Å². The molecule has 0 amide bonds. The lowest BCUT2D eigenvalue weighted by molar-refractivity contribution is -0.153. The van der Waals surface area contributed by atoms with Crippen LogP contribution in [-0.2, 0) is 14.3 Å². The van der Waals surface area contributed by atoms with Crippen LogP contribution in [0.4, 0.5) is 0 Å². The van der Waals surface area contributed by atoms with Crippen molar-refractivity contribution in [3.63, 3.8) is 0 Å². The van der Waals surface area contributed by atoms with E-state index >= 15 is 0 Å².